The first-order valence-corrected chi connectivity index (χ1v) is 9.46. The molecule has 6 nitrogen and oxygen atoms in total. The Hall–Kier alpha value is -2.44. The van der Waals surface area contributed by atoms with Crippen molar-refractivity contribution in [2.75, 3.05) is 18.4 Å². The van der Waals surface area contributed by atoms with E-state index < -0.39 is 6.35 Å². The smallest absolute Gasteiger partial charge is 0.263 e. The molecule has 6 N–H and O–H groups in total. The number of rotatable bonds is 4. The van der Waals surface area contributed by atoms with Crippen LogP contribution in [0.1, 0.15) is 33.0 Å². The van der Waals surface area contributed by atoms with Crippen LogP contribution in [0, 0.1) is 17.7 Å². The van der Waals surface area contributed by atoms with Crippen molar-refractivity contribution in [2.24, 2.45) is 5.73 Å². The van der Waals surface area contributed by atoms with Gasteiger partial charge in [0.15, 0.2) is 6.35 Å². The van der Waals surface area contributed by atoms with Crippen molar-refractivity contribution < 1.29 is 14.3 Å². The van der Waals surface area contributed by atoms with E-state index >= 15 is 0 Å². The van der Waals surface area contributed by atoms with E-state index in [4.69, 9.17) is 5.73 Å². The summed E-state index contributed by atoms with van der Waals surface area (Å²) in [7, 11) is 0. The first-order chi connectivity index (χ1) is 13.0. The fraction of sp³-hybridized carbons (Fsp3) is 0.316. The number of carbonyl (C=O) groups is 1. The van der Waals surface area contributed by atoms with E-state index in [0.29, 0.717) is 21.0 Å². The average Bonchev–Trinajstić information content (AvgIpc) is 3.03. The van der Waals surface area contributed by atoms with Crippen molar-refractivity contribution in [3.63, 3.8) is 0 Å². The number of thiophene rings is 1. The summed E-state index contributed by atoms with van der Waals surface area (Å²) < 4.78 is 13.3. The highest BCUT2D eigenvalue weighted by Gasteiger charge is 2.21. The molecule has 1 saturated heterocycles. The lowest BCUT2D eigenvalue weighted by molar-refractivity contribution is 0.0935. The lowest BCUT2D eigenvalue weighted by Gasteiger charge is -2.23. The number of aliphatic hydroxyl groups excluding tert-OH is 1. The van der Waals surface area contributed by atoms with Gasteiger partial charge in [-0.1, -0.05) is 17.9 Å². The summed E-state index contributed by atoms with van der Waals surface area (Å²) in [5.41, 5.74) is 6.35. The van der Waals surface area contributed by atoms with Gasteiger partial charge >= 0.3 is 0 Å². The lowest BCUT2D eigenvalue weighted by atomic mass is 10.1. The number of hydrogen-bond donors (Lipinski definition) is 5. The highest BCUT2D eigenvalue weighted by Crippen LogP contribution is 2.27. The molecule has 1 aromatic carbocycles. The van der Waals surface area contributed by atoms with Crippen molar-refractivity contribution in [2.45, 2.75) is 25.2 Å². The van der Waals surface area contributed by atoms with Crippen LogP contribution in [0.15, 0.2) is 30.3 Å². The van der Waals surface area contributed by atoms with Crippen LogP contribution >= 0.6 is 11.3 Å². The van der Waals surface area contributed by atoms with Crippen LogP contribution in [0.4, 0.5) is 10.1 Å². The summed E-state index contributed by atoms with van der Waals surface area (Å²) in [5.74, 6) is 5.20. The van der Waals surface area contributed by atoms with E-state index in [9.17, 15) is 14.3 Å². The Morgan fingerprint density at radius 2 is 2.26 bits per heavy atom. The third kappa shape index (κ3) is 5.52. The Balaban J connectivity index is 1.81. The Morgan fingerprint density at radius 3 is 2.96 bits per heavy atom. The maximum atomic E-state index is 13.3. The zero-order chi connectivity index (χ0) is 19.2. The molecule has 8 heteroatoms. The number of amides is 1. The molecule has 3 rings (SSSR count). The summed E-state index contributed by atoms with van der Waals surface area (Å²) in [5, 5.41) is 18.3. The van der Waals surface area contributed by atoms with E-state index in [0.717, 1.165) is 25.9 Å². The molecule has 0 aliphatic carbocycles. The average molecular weight is 388 g/mol. The minimum absolute atomic E-state index is 0.0610. The minimum atomic E-state index is -1.30. The van der Waals surface area contributed by atoms with Gasteiger partial charge in [0.1, 0.15) is 10.7 Å². The number of benzene rings is 1. The van der Waals surface area contributed by atoms with Crippen LogP contribution in [0.3, 0.4) is 0 Å². The van der Waals surface area contributed by atoms with Gasteiger partial charge in [-0.15, -0.1) is 11.3 Å². The number of nitrogens with two attached hydrogens (primary N) is 1. The predicted molar refractivity (Wildman–Crippen MR) is 104 cm³/mol. The molecule has 0 radical (unpaired) electrons. The van der Waals surface area contributed by atoms with Gasteiger partial charge in [0.2, 0.25) is 0 Å². The van der Waals surface area contributed by atoms with Gasteiger partial charge in [-0.05, 0) is 43.7 Å². The van der Waals surface area contributed by atoms with Crippen molar-refractivity contribution >= 4 is 22.9 Å². The molecule has 2 atom stereocenters. The molecule has 1 unspecified atom stereocenters. The normalized spacial score (nSPS) is 17.5. The summed E-state index contributed by atoms with van der Waals surface area (Å²) in [4.78, 5) is 13.7. The maximum Gasteiger partial charge on any atom is 0.263 e. The van der Waals surface area contributed by atoms with Gasteiger partial charge in [-0.2, -0.15) is 0 Å². The zero-order valence-corrected chi connectivity index (χ0v) is 15.4. The lowest BCUT2D eigenvalue weighted by Crippen LogP contribution is -2.45. The van der Waals surface area contributed by atoms with Crippen LogP contribution in [-0.2, 0) is 0 Å². The molecule has 0 bridgehead atoms. The highest BCUT2D eigenvalue weighted by molar-refractivity contribution is 7.15. The fourth-order valence-corrected chi connectivity index (χ4v) is 3.69. The SMILES string of the molecule is NC(O)Nc1cc(C#Cc2cccc(F)c2)sc1C(=O)N[C@H]1CCCNC1. The largest absolute Gasteiger partial charge is 0.361 e. The Kier molecular flexibility index (Phi) is 6.42. The predicted octanol–water partition coefficient (Wildman–Crippen LogP) is 1.42. The second-order valence-electron chi connectivity index (χ2n) is 6.22. The molecule has 1 aliphatic rings. The van der Waals surface area contributed by atoms with Gasteiger partial charge in [0.25, 0.3) is 5.91 Å². The highest BCUT2D eigenvalue weighted by atomic mass is 32.1. The Labute approximate surface area is 161 Å². The van der Waals surface area contributed by atoms with Gasteiger partial charge in [-0.3, -0.25) is 10.5 Å². The van der Waals surface area contributed by atoms with Crippen LogP contribution in [0.5, 0.6) is 0 Å². The van der Waals surface area contributed by atoms with Crippen molar-refractivity contribution in [3.8, 4) is 11.8 Å². The van der Waals surface area contributed by atoms with Crippen molar-refractivity contribution in [1.82, 2.24) is 10.6 Å². The summed E-state index contributed by atoms with van der Waals surface area (Å²) in [6.07, 6.45) is 0.622. The summed E-state index contributed by atoms with van der Waals surface area (Å²) in [6.45, 7) is 1.68. The Morgan fingerprint density at radius 1 is 1.41 bits per heavy atom. The van der Waals surface area contributed by atoms with E-state index in [1.165, 1.54) is 23.5 Å². The fourth-order valence-electron chi connectivity index (χ4n) is 2.81. The number of halogens is 1. The van der Waals surface area contributed by atoms with Crippen LogP contribution in [0.2, 0.25) is 0 Å². The third-order valence-electron chi connectivity index (χ3n) is 4.03. The Bertz CT molecular complexity index is 866. The molecular weight excluding hydrogens is 367 g/mol. The zero-order valence-electron chi connectivity index (χ0n) is 14.6. The van der Waals surface area contributed by atoms with E-state index in [1.807, 2.05) is 0 Å². The second-order valence-corrected chi connectivity index (χ2v) is 7.27. The molecule has 27 heavy (non-hydrogen) atoms. The van der Waals surface area contributed by atoms with E-state index in [-0.39, 0.29) is 17.8 Å². The molecule has 142 valence electrons. The number of anilines is 1. The van der Waals surface area contributed by atoms with E-state index in [1.54, 1.807) is 18.2 Å². The van der Waals surface area contributed by atoms with Gasteiger partial charge < -0.3 is 21.1 Å². The monoisotopic (exact) mass is 388 g/mol. The molecule has 1 amide bonds. The maximum absolute atomic E-state index is 13.3. The van der Waals surface area contributed by atoms with Crippen LogP contribution < -0.4 is 21.7 Å². The van der Waals surface area contributed by atoms with Crippen molar-refractivity contribution in [1.29, 1.82) is 0 Å². The number of hydrogen-bond acceptors (Lipinski definition) is 6. The number of nitrogens with one attached hydrogen (secondary N) is 3. The molecule has 2 aromatic rings. The topological polar surface area (TPSA) is 99.4 Å². The molecule has 0 spiro atoms. The molecule has 1 aliphatic heterocycles. The third-order valence-corrected chi connectivity index (χ3v) is 5.08. The quantitative estimate of drug-likeness (QED) is 0.403. The minimum Gasteiger partial charge on any atom is -0.361 e. The van der Waals surface area contributed by atoms with Gasteiger partial charge in [0, 0.05) is 18.2 Å². The number of piperidine rings is 1. The summed E-state index contributed by atoms with van der Waals surface area (Å²) in [6, 6.07) is 7.70. The molecule has 1 aromatic heterocycles. The molecule has 1 fully saturated rings. The van der Waals surface area contributed by atoms with E-state index in [2.05, 4.69) is 27.8 Å². The van der Waals surface area contributed by atoms with Crippen LogP contribution in [0.25, 0.3) is 0 Å². The van der Waals surface area contributed by atoms with Gasteiger partial charge in [0.05, 0.1) is 10.6 Å². The van der Waals surface area contributed by atoms with Gasteiger partial charge in [-0.25, -0.2) is 4.39 Å². The molecule has 2 heterocycles. The molecule has 0 saturated carbocycles. The first-order valence-electron chi connectivity index (χ1n) is 8.64. The number of aliphatic hydroxyl groups is 1. The first kappa shape index (κ1) is 19.3. The molecular formula is C19H21FN4O2S. The second kappa shape index (κ2) is 8.97. The number of carbonyl (C=O) groups excluding carboxylic acids is 1. The van der Waals surface area contributed by atoms with Crippen LogP contribution in [-0.4, -0.2) is 36.5 Å². The standard InChI is InChI=1S/C19H21FN4O2S/c20-13-4-1-3-12(9-13)6-7-15-10-16(24-19(21)26)17(27-15)18(25)23-14-5-2-8-22-11-14/h1,3-4,9-10,14,19,22,24,26H,2,5,8,11,21H2,(H,23,25)/t14-,19?/m0/s1. The van der Waals surface area contributed by atoms with Crippen molar-refractivity contribution in [3.05, 3.63) is 51.5 Å². The summed E-state index contributed by atoms with van der Waals surface area (Å²) >= 11 is 1.19.